The second-order valence-electron chi connectivity index (χ2n) is 5.41. The van der Waals surface area contributed by atoms with Crippen molar-refractivity contribution < 1.29 is 0 Å². The summed E-state index contributed by atoms with van der Waals surface area (Å²) < 4.78 is 0. The monoisotopic (exact) mass is 287 g/mol. The molecule has 0 aromatic carbocycles. The summed E-state index contributed by atoms with van der Waals surface area (Å²) in [4.78, 5) is 6.82. The van der Waals surface area contributed by atoms with Gasteiger partial charge in [0.2, 0.25) is 0 Å². The number of piperidine rings is 1. The highest BCUT2D eigenvalue weighted by Gasteiger charge is 2.19. The lowest BCUT2D eigenvalue weighted by Crippen LogP contribution is -2.42. The van der Waals surface area contributed by atoms with Gasteiger partial charge in [0, 0.05) is 31.9 Å². The highest BCUT2D eigenvalue weighted by Crippen LogP contribution is 2.18. The SMILES string of the molecule is Cc1cscc1CNC1CCN(c2ccccn2)CC1. The maximum absolute atomic E-state index is 4.43. The summed E-state index contributed by atoms with van der Waals surface area (Å²) >= 11 is 1.79. The number of aryl methyl sites for hydroxylation is 1. The molecule has 0 aliphatic carbocycles. The van der Waals surface area contributed by atoms with E-state index in [4.69, 9.17) is 0 Å². The van der Waals surface area contributed by atoms with Gasteiger partial charge in [-0.05, 0) is 53.8 Å². The molecule has 1 aliphatic rings. The summed E-state index contributed by atoms with van der Waals surface area (Å²) in [5.74, 6) is 1.11. The lowest BCUT2D eigenvalue weighted by molar-refractivity contribution is 0.412. The fourth-order valence-corrected chi connectivity index (χ4v) is 3.53. The number of aromatic nitrogens is 1. The molecule has 0 unspecified atom stereocenters. The highest BCUT2D eigenvalue weighted by atomic mass is 32.1. The van der Waals surface area contributed by atoms with Crippen molar-refractivity contribution in [2.24, 2.45) is 0 Å². The quantitative estimate of drug-likeness (QED) is 0.936. The van der Waals surface area contributed by atoms with Crippen LogP contribution >= 0.6 is 11.3 Å². The van der Waals surface area contributed by atoms with Crippen molar-refractivity contribution in [1.82, 2.24) is 10.3 Å². The maximum atomic E-state index is 4.43. The Bertz CT molecular complexity index is 530. The van der Waals surface area contributed by atoms with Gasteiger partial charge < -0.3 is 10.2 Å². The Morgan fingerprint density at radius 1 is 1.30 bits per heavy atom. The molecule has 1 fully saturated rings. The second-order valence-corrected chi connectivity index (χ2v) is 6.15. The van der Waals surface area contributed by atoms with E-state index in [1.807, 2.05) is 12.3 Å². The van der Waals surface area contributed by atoms with Crippen LogP contribution in [0.15, 0.2) is 35.2 Å². The van der Waals surface area contributed by atoms with Gasteiger partial charge >= 0.3 is 0 Å². The van der Waals surface area contributed by atoms with Crippen LogP contribution in [-0.2, 0) is 6.54 Å². The highest BCUT2D eigenvalue weighted by molar-refractivity contribution is 7.08. The first-order chi connectivity index (χ1) is 9.83. The molecular weight excluding hydrogens is 266 g/mol. The zero-order chi connectivity index (χ0) is 13.8. The molecule has 0 bridgehead atoms. The number of nitrogens with one attached hydrogen (secondary N) is 1. The van der Waals surface area contributed by atoms with Crippen molar-refractivity contribution in [3.05, 3.63) is 46.3 Å². The molecule has 1 aliphatic heterocycles. The minimum atomic E-state index is 0.634. The van der Waals surface area contributed by atoms with E-state index in [0.29, 0.717) is 6.04 Å². The first-order valence-electron chi connectivity index (χ1n) is 7.24. The average molecular weight is 287 g/mol. The second kappa shape index (κ2) is 6.37. The van der Waals surface area contributed by atoms with Crippen LogP contribution in [0, 0.1) is 6.92 Å². The molecular formula is C16H21N3S. The molecule has 2 aromatic heterocycles. The minimum absolute atomic E-state index is 0.634. The third-order valence-electron chi connectivity index (χ3n) is 4.01. The molecule has 3 nitrogen and oxygen atoms in total. The van der Waals surface area contributed by atoms with E-state index in [0.717, 1.165) is 25.5 Å². The number of anilines is 1. The van der Waals surface area contributed by atoms with Crippen molar-refractivity contribution in [2.45, 2.75) is 32.4 Å². The number of thiophene rings is 1. The van der Waals surface area contributed by atoms with Gasteiger partial charge in [-0.15, -0.1) is 0 Å². The third kappa shape index (κ3) is 3.19. The molecule has 20 heavy (non-hydrogen) atoms. The molecule has 1 saturated heterocycles. The van der Waals surface area contributed by atoms with Crippen molar-refractivity contribution >= 4 is 17.2 Å². The predicted octanol–water partition coefficient (Wildman–Crippen LogP) is 3.21. The van der Waals surface area contributed by atoms with Crippen LogP contribution < -0.4 is 10.2 Å². The Morgan fingerprint density at radius 3 is 2.80 bits per heavy atom. The van der Waals surface area contributed by atoms with E-state index >= 15 is 0 Å². The predicted molar refractivity (Wildman–Crippen MR) is 85.4 cm³/mol. The summed E-state index contributed by atoms with van der Waals surface area (Å²) in [6.07, 6.45) is 4.26. The third-order valence-corrected chi connectivity index (χ3v) is 4.92. The van der Waals surface area contributed by atoms with Gasteiger partial charge in [-0.2, -0.15) is 11.3 Å². The fraction of sp³-hybridized carbons (Fsp3) is 0.438. The molecule has 1 N–H and O–H groups in total. The first kappa shape index (κ1) is 13.6. The average Bonchev–Trinajstić information content (AvgIpc) is 2.92. The topological polar surface area (TPSA) is 28.2 Å². The summed E-state index contributed by atoms with van der Waals surface area (Å²) in [6.45, 7) is 5.38. The molecule has 4 heteroatoms. The van der Waals surface area contributed by atoms with Crippen molar-refractivity contribution in [1.29, 1.82) is 0 Å². The molecule has 0 saturated carbocycles. The Hall–Kier alpha value is -1.39. The van der Waals surface area contributed by atoms with E-state index in [-0.39, 0.29) is 0 Å². The first-order valence-corrected chi connectivity index (χ1v) is 8.18. The molecule has 0 radical (unpaired) electrons. The Labute approximate surface area is 124 Å². The van der Waals surface area contributed by atoms with E-state index < -0.39 is 0 Å². The Kier molecular flexibility index (Phi) is 4.33. The molecule has 0 spiro atoms. The Morgan fingerprint density at radius 2 is 2.15 bits per heavy atom. The van der Waals surface area contributed by atoms with E-state index in [1.165, 1.54) is 24.0 Å². The smallest absolute Gasteiger partial charge is 0.128 e. The van der Waals surface area contributed by atoms with Crippen LogP contribution in [0.5, 0.6) is 0 Å². The van der Waals surface area contributed by atoms with Crippen LogP contribution in [0.3, 0.4) is 0 Å². The summed E-state index contributed by atoms with van der Waals surface area (Å²) in [5, 5.41) is 8.17. The van der Waals surface area contributed by atoms with E-state index in [9.17, 15) is 0 Å². The lowest BCUT2D eigenvalue weighted by atomic mass is 10.0. The summed E-state index contributed by atoms with van der Waals surface area (Å²) in [7, 11) is 0. The zero-order valence-electron chi connectivity index (χ0n) is 11.9. The minimum Gasteiger partial charge on any atom is -0.357 e. The standard InChI is InChI=1S/C16H21N3S/c1-13-11-20-12-14(13)10-18-15-5-8-19(9-6-15)16-4-2-3-7-17-16/h2-4,7,11-12,15,18H,5-6,8-10H2,1H3. The van der Waals surface area contributed by atoms with Crippen LogP contribution in [0.1, 0.15) is 24.0 Å². The van der Waals surface area contributed by atoms with Gasteiger partial charge in [0.1, 0.15) is 5.82 Å². The van der Waals surface area contributed by atoms with Crippen LogP contribution in [0.2, 0.25) is 0 Å². The van der Waals surface area contributed by atoms with Crippen LogP contribution in [0.4, 0.5) is 5.82 Å². The normalized spacial score (nSPS) is 16.6. The lowest BCUT2D eigenvalue weighted by Gasteiger charge is -2.33. The summed E-state index contributed by atoms with van der Waals surface area (Å²) in [5.41, 5.74) is 2.86. The molecule has 2 aromatic rings. The largest absolute Gasteiger partial charge is 0.357 e. The number of hydrogen-bond acceptors (Lipinski definition) is 4. The summed E-state index contributed by atoms with van der Waals surface area (Å²) in [6, 6.07) is 6.77. The van der Waals surface area contributed by atoms with Gasteiger partial charge in [-0.25, -0.2) is 4.98 Å². The van der Waals surface area contributed by atoms with Gasteiger partial charge in [-0.3, -0.25) is 0 Å². The number of hydrogen-bond donors (Lipinski definition) is 1. The molecule has 106 valence electrons. The Balaban J connectivity index is 1.48. The van der Waals surface area contributed by atoms with Gasteiger partial charge in [0.15, 0.2) is 0 Å². The van der Waals surface area contributed by atoms with Gasteiger partial charge in [-0.1, -0.05) is 6.07 Å². The van der Waals surface area contributed by atoms with Gasteiger partial charge in [0.05, 0.1) is 0 Å². The van der Waals surface area contributed by atoms with Crippen molar-refractivity contribution in [3.63, 3.8) is 0 Å². The van der Waals surface area contributed by atoms with Crippen molar-refractivity contribution in [3.8, 4) is 0 Å². The number of rotatable bonds is 4. The zero-order valence-corrected chi connectivity index (χ0v) is 12.7. The van der Waals surface area contributed by atoms with Crippen LogP contribution in [-0.4, -0.2) is 24.1 Å². The fourth-order valence-electron chi connectivity index (χ4n) is 2.68. The number of pyridine rings is 1. The molecule has 0 amide bonds. The van der Waals surface area contributed by atoms with E-state index in [1.54, 1.807) is 11.3 Å². The maximum Gasteiger partial charge on any atom is 0.128 e. The van der Waals surface area contributed by atoms with Crippen LogP contribution in [0.25, 0.3) is 0 Å². The van der Waals surface area contributed by atoms with Gasteiger partial charge in [0.25, 0.3) is 0 Å². The molecule has 3 rings (SSSR count). The molecule has 0 atom stereocenters. The van der Waals surface area contributed by atoms with Crippen molar-refractivity contribution in [2.75, 3.05) is 18.0 Å². The van der Waals surface area contributed by atoms with E-state index in [2.05, 4.69) is 45.0 Å². The number of nitrogens with zero attached hydrogens (tertiary/aromatic N) is 2. The molecule has 3 heterocycles.